The summed E-state index contributed by atoms with van der Waals surface area (Å²) in [5.74, 6) is -0.793. The van der Waals surface area contributed by atoms with E-state index in [-0.39, 0.29) is 12.5 Å². The van der Waals surface area contributed by atoms with Crippen LogP contribution in [0.5, 0.6) is 0 Å². The predicted octanol–water partition coefficient (Wildman–Crippen LogP) is 3.37. The number of carbonyl (C=O) groups is 2. The number of aromatic nitrogens is 2. The zero-order valence-electron chi connectivity index (χ0n) is 13.6. The molecule has 0 atom stereocenters. The third kappa shape index (κ3) is 2.90. The number of fused-ring (bicyclic) bond motifs is 1. The largest absolute Gasteiger partial charge is 0.462 e. The molecule has 0 spiro atoms. The van der Waals surface area contributed by atoms with Crippen LogP contribution in [0.2, 0.25) is 0 Å². The van der Waals surface area contributed by atoms with Crippen LogP contribution >= 0.6 is 11.3 Å². The average Bonchev–Trinajstić information content (AvgIpc) is 3.07. The van der Waals surface area contributed by atoms with Gasteiger partial charge in [-0.1, -0.05) is 18.2 Å². The summed E-state index contributed by atoms with van der Waals surface area (Å²) in [6, 6.07) is 9.20. The molecule has 0 unspecified atom stereocenters. The number of thiophene rings is 1. The minimum Gasteiger partial charge on any atom is -0.462 e. The van der Waals surface area contributed by atoms with Gasteiger partial charge >= 0.3 is 5.97 Å². The van der Waals surface area contributed by atoms with Crippen LogP contribution in [0.15, 0.2) is 30.3 Å². The maximum absolute atomic E-state index is 12.5. The second-order valence-corrected chi connectivity index (χ2v) is 6.32. The SMILES string of the molecule is CCOC(=O)c1c(NC(=O)c2cc(C)n(C)n2)sc2ccccc12. The summed E-state index contributed by atoms with van der Waals surface area (Å²) in [5.41, 5.74) is 1.57. The van der Waals surface area contributed by atoms with E-state index in [1.165, 1.54) is 11.3 Å². The van der Waals surface area contributed by atoms with Gasteiger partial charge in [0.25, 0.3) is 5.91 Å². The van der Waals surface area contributed by atoms with E-state index in [0.717, 1.165) is 15.8 Å². The highest BCUT2D eigenvalue weighted by Crippen LogP contribution is 2.36. The lowest BCUT2D eigenvalue weighted by Gasteiger charge is -2.05. The van der Waals surface area contributed by atoms with Crippen molar-refractivity contribution in [1.29, 1.82) is 0 Å². The number of aryl methyl sites for hydroxylation is 2. The molecule has 0 saturated carbocycles. The lowest BCUT2D eigenvalue weighted by Crippen LogP contribution is -2.15. The number of hydrogen-bond donors (Lipinski definition) is 1. The van der Waals surface area contributed by atoms with Crippen molar-refractivity contribution >= 4 is 38.3 Å². The molecule has 0 saturated heterocycles. The van der Waals surface area contributed by atoms with E-state index in [9.17, 15) is 9.59 Å². The van der Waals surface area contributed by atoms with Crippen molar-refractivity contribution in [2.45, 2.75) is 13.8 Å². The standard InChI is InChI=1S/C17H17N3O3S/c1-4-23-17(22)14-11-7-5-6-8-13(11)24-16(14)18-15(21)12-9-10(2)20(3)19-12/h5-9H,4H2,1-3H3,(H,18,21). The Morgan fingerprint density at radius 2 is 2.08 bits per heavy atom. The molecule has 0 radical (unpaired) electrons. The van der Waals surface area contributed by atoms with Gasteiger partial charge < -0.3 is 10.1 Å². The molecular weight excluding hydrogens is 326 g/mol. The summed E-state index contributed by atoms with van der Waals surface area (Å²) in [6.45, 7) is 3.89. The van der Waals surface area contributed by atoms with Gasteiger partial charge in [-0.15, -0.1) is 11.3 Å². The van der Waals surface area contributed by atoms with E-state index < -0.39 is 5.97 Å². The van der Waals surface area contributed by atoms with Gasteiger partial charge in [-0.3, -0.25) is 9.48 Å². The molecule has 6 nitrogen and oxygen atoms in total. The Balaban J connectivity index is 2.00. The molecule has 0 aliphatic rings. The number of hydrogen-bond acceptors (Lipinski definition) is 5. The first-order valence-electron chi connectivity index (χ1n) is 7.52. The third-order valence-electron chi connectivity index (χ3n) is 3.65. The Kier molecular flexibility index (Phi) is 4.35. The van der Waals surface area contributed by atoms with E-state index in [0.29, 0.717) is 16.3 Å². The molecule has 0 bridgehead atoms. The molecule has 0 aliphatic heterocycles. The Labute approximate surface area is 143 Å². The zero-order valence-corrected chi connectivity index (χ0v) is 14.4. The minimum atomic E-state index is -0.442. The molecule has 7 heteroatoms. The number of esters is 1. The topological polar surface area (TPSA) is 73.2 Å². The number of nitrogens with one attached hydrogen (secondary N) is 1. The van der Waals surface area contributed by atoms with Gasteiger partial charge in [0, 0.05) is 22.8 Å². The summed E-state index contributed by atoms with van der Waals surface area (Å²) in [6.07, 6.45) is 0. The van der Waals surface area contributed by atoms with Gasteiger partial charge in [-0.2, -0.15) is 5.10 Å². The first-order chi connectivity index (χ1) is 11.5. The minimum absolute atomic E-state index is 0.274. The quantitative estimate of drug-likeness (QED) is 0.737. The molecule has 0 aliphatic carbocycles. The number of ether oxygens (including phenoxy) is 1. The molecule has 3 aromatic rings. The highest BCUT2D eigenvalue weighted by atomic mass is 32.1. The lowest BCUT2D eigenvalue weighted by atomic mass is 10.1. The molecule has 1 aromatic carbocycles. The maximum atomic E-state index is 12.5. The highest BCUT2D eigenvalue weighted by Gasteiger charge is 2.22. The molecule has 0 fully saturated rings. The van der Waals surface area contributed by atoms with Gasteiger partial charge in [0.15, 0.2) is 5.69 Å². The number of amides is 1. The number of carbonyl (C=O) groups excluding carboxylic acids is 2. The van der Waals surface area contributed by atoms with Crippen molar-refractivity contribution < 1.29 is 14.3 Å². The third-order valence-corrected chi connectivity index (χ3v) is 4.73. The number of nitrogens with zero attached hydrogens (tertiary/aromatic N) is 2. The molecule has 1 N–H and O–H groups in total. The fourth-order valence-electron chi connectivity index (χ4n) is 2.38. The summed E-state index contributed by atoms with van der Waals surface area (Å²) < 4.78 is 7.68. The summed E-state index contributed by atoms with van der Waals surface area (Å²) in [5, 5.41) is 8.21. The smallest absolute Gasteiger partial charge is 0.341 e. The van der Waals surface area contributed by atoms with Crippen LogP contribution in [0.3, 0.4) is 0 Å². The fourth-order valence-corrected chi connectivity index (χ4v) is 3.46. The Hall–Kier alpha value is -2.67. The lowest BCUT2D eigenvalue weighted by molar-refractivity contribution is 0.0530. The van der Waals surface area contributed by atoms with Gasteiger partial charge in [0.2, 0.25) is 0 Å². The predicted molar refractivity (Wildman–Crippen MR) is 93.7 cm³/mol. The average molecular weight is 343 g/mol. The highest BCUT2D eigenvalue weighted by molar-refractivity contribution is 7.23. The molecule has 2 heterocycles. The van der Waals surface area contributed by atoms with Crippen LogP contribution in [-0.2, 0) is 11.8 Å². The fraction of sp³-hybridized carbons (Fsp3) is 0.235. The molecule has 1 amide bonds. The van der Waals surface area contributed by atoms with E-state index in [1.807, 2.05) is 31.2 Å². The van der Waals surface area contributed by atoms with Crippen molar-refractivity contribution in [3.63, 3.8) is 0 Å². The zero-order chi connectivity index (χ0) is 17.3. The van der Waals surface area contributed by atoms with Crippen LogP contribution in [-0.4, -0.2) is 28.3 Å². The van der Waals surface area contributed by atoms with Gasteiger partial charge in [-0.25, -0.2) is 4.79 Å². The van der Waals surface area contributed by atoms with E-state index in [2.05, 4.69) is 10.4 Å². The molecule has 24 heavy (non-hydrogen) atoms. The van der Waals surface area contributed by atoms with Crippen LogP contribution in [0, 0.1) is 6.92 Å². The van der Waals surface area contributed by atoms with E-state index in [1.54, 1.807) is 24.7 Å². The van der Waals surface area contributed by atoms with Crippen molar-refractivity contribution in [3.8, 4) is 0 Å². The Bertz CT molecular complexity index is 907. The Morgan fingerprint density at radius 3 is 2.75 bits per heavy atom. The molecule has 124 valence electrons. The molecule has 3 rings (SSSR count). The first-order valence-corrected chi connectivity index (χ1v) is 8.33. The molecule has 2 aromatic heterocycles. The van der Waals surface area contributed by atoms with Crippen molar-refractivity contribution in [3.05, 3.63) is 47.3 Å². The van der Waals surface area contributed by atoms with Crippen LogP contribution in [0.1, 0.15) is 33.5 Å². The maximum Gasteiger partial charge on any atom is 0.341 e. The van der Waals surface area contributed by atoms with Crippen molar-refractivity contribution in [1.82, 2.24) is 9.78 Å². The van der Waals surface area contributed by atoms with Crippen molar-refractivity contribution in [2.75, 3.05) is 11.9 Å². The summed E-state index contributed by atoms with van der Waals surface area (Å²) >= 11 is 1.34. The second-order valence-electron chi connectivity index (χ2n) is 5.27. The van der Waals surface area contributed by atoms with Crippen molar-refractivity contribution in [2.24, 2.45) is 7.05 Å². The number of rotatable bonds is 4. The second kappa shape index (κ2) is 6.45. The van der Waals surface area contributed by atoms with Crippen LogP contribution < -0.4 is 5.32 Å². The Morgan fingerprint density at radius 1 is 1.33 bits per heavy atom. The molecular formula is C17H17N3O3S. The number of benzene rings is 1. The first kappa shape index (κ1) is 16.2. The monoisotopic (exact) mass is 343 g/mol. The van der Waals surface area contributed by atoms with E-state index in [4.69, 9.17) is 4.74 Å². The van der Waals surface area contributed by atoms with Crippen LogP contribution in [0.25, 0.3) is 10.1 Å². The van der Waals surface area contributed by atoms with E-state index >= 15 is 0 Å². The number of anilines is 1. The summed E-state index contributed by atoms with van der Waals surface area (Å²) in [4.78, 5) is 24.8. The summed E-state index contributed by atoms with van der Waals surface area (Å²) in [7, 11) is 1.77. The van der Waals surface area contributed by atoms with Gasteiger partial charge in [0.05, 0.1) is 6.61 Å². The van der Waals surface area contributed by atoms with Gasteiger partial charge in [0.1, 0.15) is 10.6 Å². The van der Waals surface area contributed by atoms with Crippen LogP contribution in [0.4, 0.5) is 5.00 Å². The van der Waals surface area contributed by atoms with Gasteiger partial charge in [-0.05, 0) is 26.0 Å². The normalized spacial score (nSPS) is 10.8.